The van der Waals surface area contributed by atoms with E-state index in [-0.39, 0.29) is 17.2 Å². The van der Waals surface area contributed by atoms with Gasteiger partial charge in [0, 0.05) is 22.7 Å². The molecule has 3 aromatic rings. The third-order valence-corrected chi connectivity index (χ3v) is 7.40. The van der Waals surface area contributed by atoms with Gasteiger partial charge in [0.25, 0.3) is 10.0 Å². The smallest absolute Gasteiger partial charge is 0.264 e. The average Bonchev–Trinajstić information content (AvgIpc) is 2.82. The number of ether oxygens (including phenoxy) is 2. The van der Waals surface area contributed by atoms with Crippen LogP contribution in [0.2, 0.25) is 10.0 Å². The Kier molecular flexibility index (Phi) is 8.30. The first-order valence-electron chi connectivity index (χ1n) is 10.2. The lowest BCUT2D eigenvalue weighted by atomic mass is 10.2. The molecule has 0 fully saturated rings. The third kappa shape index (κ3) is 5.94. The van der Waals surface area contributed by atoms with Crippen molar-refractivity contribution in [3.63, 3.8) is 0 Å². The van der Waals surface area contributed by atoms with Crippen molar-refractivity contribution in [2.45, 2.75) is 18.4 Å². The van der Waals surface area contributed by atoms with E-state index in [4.69, 9.17) is 32.7 Å². The Hall–Kier alpha value is -2.94. The van der Waals surface area contributed by atoms with Crippen LogP contribution in [0.1, 0.15) is 11.1 Å². The van der Waals surface area contributed by atoms with E-state index in [0.29, 0.717) is 27.0 Å². The number of anilines is 1. The molecule has 7 nitrogen and oxygen atoms in total. The Morgan fingerprint density at radius 1 is 0.941 bits per heavy atom. The maximum atomic E-state index is 13.6. The molecule has 1 amide bonds. The van der Waals surface area contributed by atoms with Gasteiger partial charge in [-0.1, -0.05) is 47.0 Å². The van der Waals surface area contributed by atoms with Crippen LogP contribution in [-0.2, 0) is 21.4 Å². The molecule has 1 N–H and O–H groups in total. The van der Waals surface area contributed by atoms with Gasteiger partial charge < -0.3 is 14.8 Å². The summed E-state index contributed by atoms with van der Waals surface area (Å²) < 4.78 is 38.7. The van der Waals surface area contributed by atoms with Gasteiger partial charge in [-0.2, -0.15) is 0 Å². The lowest BCUT2D eigenvalue weighted by Gasteiger charge is -2.24. The normalized spacial score (nSPS) is 11.1. The number of sulfonamides is 1. The largest absolute Gasteiger partial charge is 0.493 e. The van der Waals surface area contributed by atoms with Crippen molar-refractivity contribution < 1.29 is 22.7 Å². The number of carbonyl (C=O) groups is 1. The van der Waals surface area contributed by atoms with Crippen LogP contribution in [-0.4, -0.2) is 35.1 Å². The zero-order chi connectivity index (χ0) is 24.9. The second-order valence-electron chi connectivity index (χ2n) is 7.38. The number of aryl methyl sites for hydroxylation is 1. The van der Waals surface area contributed by atoms with E-state index in [1.54, 1.807) is 42.5 Å². The van der Waals surface area contributed by atoms with Crippen LogP contribution >= 0.6 is 23.2 Å². The van der Waals surface area contributed by atoms with Crippen molar-refractivity contribution in [2.75, 3.05) is 25.1 Å². The first kappa shape index (κ1) is 25.7. The van der Waals surface area contributed by atoms with E-state index in [1.807, 2.05) is 6.92 Å². The molecule has 0 atom stereocenters. The summed E-state index contributed by atoms with van der Waals surface area (Å²) in [4.78, 5) is 12.8. The summed E-state index contributed by atoms with van der Waals surface area (Å²) in [5.74, 6) is 0.144. The number of nitrogens with zero attached hydrogens (tertiary/aromatic N) is 1. The highest BCUT2D eigenvalue weighted by Gasteiger charge is 2.28. The third-order valence-electron chi connectivity index (χ3n) is 5.04. The van der Waals surface area contributed by atoms with Crippen molar-refractivity contribution in [1.82, 2.24) is 5.32 Å². The van der Waals surface area contributed by atoms with Crippen molar-refractivity contribution in [3.05, 3.63) is 81.8 Å². The summed E-state index contributed by atoms with van der Waals surface area (Å²) in [6.07, 6.45) is 0. The van der Waals surface area contributed by atoms with Crippen LogP contribution in [0.15, 0.2) is 65.6 Å². The molecular weight excluding hydrogens is 499 g/mol. The number of nitrogens with one attached hydrogen (secondary N) is 1. The first-order chi connectivity index (χ1) is 16.1. The van der Waals surface area contributed by atoms with Crippen molar-refractivity contribution in [2.24, 2.45) is 0 Å². The van der Waals surface area contributed by atoms with Gasteiger partial charge >= 0.3 is 0 Å². The first-order valence-corrected chi connectivity index (χ1v) is 12.4. The Bertz CT molecular complexity index is 1280. The molecule has 0 saturated carbocycles. The molecule has 0 spiro atoms. The van der Waals surface area contributed by atoms with Crippen LogP contribution in [0.4, 0.5) is 5.69 Å². The maximum absolute atomic E-state index is 13.6. The van der Waals surface area contributed by atoms with Crippen molar-refractivity contribution in [3.8, 4) is 11.5 Å². The number of halogens is 2. The molecule has 0 heterocycles. The van der Waals surface area contributed by atoms with Gasteiger partial charge in [0.15, 0.2) is 11.5 Å². The predicted octanol–water partition coefficient (Wildman–Crippen LogP) is 4.83. The van der Waals surface area contributed by atoms with E-state index < -0.39 is 22.5 Å². The summed E-state index contributed by atoms with van der Waals surface area (Å²) >= 11 is 12.1. The number of benzene rings is 3. The van der Waals surface area contributed by atoms with Gasteiger partial charge in [0.2, 0.25) is 5.91 Å². The lowest BCUT2D eigenvalue weighted by Crippen LogP contribution is -2.40. The van der Waals surface area contributed by atoms with E-state index in [2.05, 4.69) is 5.32 Å². The molecule has 0 aliphatic rings. The van der Waals surface area contributed by atoms with Crippen LogP contribution in [0.25, 0.3) is 0 Å². The van der Waals surface area contributed by atoms with E-state index in [9.17, 15) is 13.2 Å². The fraction of sp³-hybridized carbons (Fsp3) is 0.208. The summed E-state index contributed by atoms with van der Waals surface area (Å²) in [5, 5.41) is 3.60. The Morgan fingerprint density at radius 3 is 2.24 bits per heavy atom. The molecule has 0 aliphatic heterocycles. The molecule has 3 aromatic carbocycles. The highest BCUT2D eigenvalue weighted by Crippen LogP contribution is 2.32. The minimum absolute atomic E-state index is 0.0423. The Balaban J connectivity index is 1.90. The highest BCUT2D eigenvalue weighted by atomic mass is 35.5. The molecule has 0 aliphatic carbocycles. The zero-order valence-electron chi connectivity index (χ0n) is 18.8. The molecule has 180 valence electrons. The van der Waals surface area contributed by atoms with Crippen LogP contribution < -0.4 is 19.1 Å². The molecular formula is C24H24Cl2N2O5S. The quantitative estimate of drug-likeness (QED) is 0.434. The van der Waals surface area contributed by atoms with Crippen molar-refractivity contribution >= 4 is 44.8 Å². The summed E-state index contributed by atoms with van der Waals surface area (Å²) in [7, 11) is -1.24. The zero-order valence-corrected chi connectivity index (χ0v) is 21.2. The van der Waals surface area contributed by atoms with E-state index in [1.165, 1.54) is 32.4 Å². The molecule has 0 saturated heterocycles. The average molecular weight is 523 g/mol. The summed E-state index contributed by atoms with van der Waals surface area (Å²) in [5.41, 5.74) is 1.96. The fourth-order valence-electron chi connectivity index (χ4n) is 3.18. The van der Waals surface area contributed by atoms with Gasteiger partial charge in [-0.3, -0.25) is 9.10 Å². The van der Waals surface area contributed by atoms with Crippen LogP contribution in [0.5, 0.6) is 11.5 Å². The van der Waals surface area contributed by atoms with E-state index in [0.717, 1.165) is 9.87 Å². The Labute approximate surface area is 209 Å². The van der Waals surface area contributed by atoms with Crippen LogP contribution in [0.3, 0.4) is 0 Å². The standard InChI is InChI=1S/C24H24Cl2N2O5S/c1-16-4-8-19(9-5-16)28(15-24(29)27-14-17-6-7-18(25)12-21(17)26)34(30,31)20-10-11-22(32-2)23(13-20)33-3/h4-13H,14-15H2,1-3H3,(H,27,29). The summed E-state index contributed by atoms with van der Waals surface area (Å²) in [6, 6.07) is 16.1. The minimum Gasteiger partial charge on any atom is -0.493 e. The van der Waals surface area contributed by atoms with Gasteiger partial charge in [-0.15, -0.1) is 0 Å². The topological polar surface area (TPSA) is 84.9 Å². The fourth-order valence-corrected chi connectivity index (χ4v) is 5.09. The number of carbonyl (C=O) groups excluding carboxylic acids is 1. The maximum Gasteiger partial charge on any atom is 0.264 e. The number of hydrogen-bond acceptors (Lipinski definition) is 5. The number of rotatable bonds is 9. The molecule has 0 unspecified atom stereocenters. The number of hydrogen-bond donors (Lipinski definition) is 1. The lowest BCUT2D eigenvalue weighted by molar-refractivity contribution is -0.119. The molecule has 10 heteroatoms. The highest BCUT2D eigenvalue weighted by molar-refractivity contribution is 7.92. The van der Waals surface area contributed by atoms with Gasteiger partial charge in [-0.25, -0.2) is 8.42 Å². The second-order valence-corrected chi connectivity index (χ2v) is 10.1. The monoisotopic (exact) mass is 522 g/mol. The molecule has 3 rings (SSSR count). The number of methoxy groups -OCH3 is 2. The molecule has 0 bridgehead atoms. The second kappa shape index (κ2) is 11.0. The molecule has 0 aromatic heterocycles. The van der Waals surface area contributed by atoms with Gasteiger partial charge in [0.1, 0.15) is 6.54 Å². The SMILES string of the molecule is COc1ccc(S(=O)(=O)N(CC(=O)NCc2ccc(Cl)cc2Cl)c2ccc(C)cc2)cc1OC. The summed E-state index contributed by atoms with van der Waals surface area (Å²) in [6.45, 7) is 1.57. The minimum atomic E-state index is -4.12. The van der Waals surface area contributed by atoms with Crippen molar-refractivity contribution in [1.29, 1.82) is 0 Å². The predicted molar refractivity (Wildman–Crippen MR) is 134 cm³/mol. The van der Waals surface area contributed by atoms with Crippen LogP contribution in [0, 0.1) is 6.92 Å². The van der Waals surface area contributed by atoms with Gasteiger partial charge in [0.05, 0.1) is 24.8 Å². The van der Waals surface area contributed by atoms with Gasteiger partial charge in [-0.05, 0) is 48.9 Å². The molecule has 0 radical (unpaired) electrons. The number of amides is 1. The Morgan fingerprint density at radius 2 is 1.62 bits per heavy atom. The molecule has 34 heavy (non-hydrogen) atoms. The van der Waals surface area contributed by atoms with E-state index >= 15 is 0 Å².